The lowest BCUT2D eigenvalue weighted by molar-refractivity contribution is 0.551. The molecule has 5 heteroatoms. The standard InChI is InChI=1S/C14H16BrFN2S/c1-2-9-6-7-19-14(9)12(18-17)8-10-4-3-5-11(16)13(10)15/h3-7,12,18H,2,8,17H2,1H3. The molecule has 0 radical (unpaired) electrons. The zero-order chi connectivity index (χ0) is 13.8. The lowest BCUT2D eigenvalue weighted by Gasteiger charge is -2.17. The van der Waals surface area contributed by atoms with Gasteiger partial charge >= 0.3 is 0 Å². The number of aryl methyl sites for hydroxylation is 1. The number of hydrogen-bond acceptors (Lipinski definition) is 3. The lowest BCUT2D eigenvalue weighted by Crippen LogP contribution is -2.29. The lowest BCUT2D eigenvalue weighted by atomic mass is 10.0. The van der Waals surface area contributed by atoms with Crippen LogP contribution in [0.3, 0.4) is 0 Å². The summed E-state index contributed by atoms with van der Waals surface area (Å²) in [4.78, 5) is 1.22. The van der Waals surface area contributed by atoms with Crippen molar-refractivity contribution in [1.29, 1.82) is 0 Å². The van der Waals surface area contributed by atoms with Crippen molar-refractivity contribution >= 4 is 27.3 Å². The number of thiophene rings is 1. The topological polar surface area (TPSA) is 38.0 Å². The molecular formula is C14H16BrFN2S. The minimum absolute atomic E-state index is 0.00745. The molecule has 1 unspecified atom stereocenters. The van der Waals surface area contributed by atoms with Crippen LogP contribution in [0, 0.1) is 5.82 Å². The summed E-state index contributed by atoms with van der Waals surface area (Å²) in [5.74, 6) is 5.43. The van der Waals surface area contributed by atoms with Gasteiger partial charge in [0.25, 0.3) is 0 Å². The Morgan fingerprint density at radius 1 is 1.37 bits per heavy atom. The number of nitrogens with two attached hydrogens (primary N) is 1. The van der Waals surface area contributed by atoms with Crippen LogP contribution in [0.25, 0.3) is 0 Å². The minimum Gasteiger partial charge on any atom is -0.271 e. The van der Waals surface area contributed by atoms with Crippen molar-refractivity contribution in [2.45, 2.75) is 25.8 Å². The second-order valence-electron chi connectivity index (χ2n) is 4.30. The Balaban J connectivity index is 2.27. The predicted octanol–water partition coefficient (Wildman–Crippen LogP) is 3.96. The number of rotatable bonds is 5. The van der Waals surface area contributed by atoms with Crippen LogP contribution in [0.1, 0.15) is 29.0 Å². The summed E-state index contributed by atoms with van der Waals surface area (Å²) in [6, 6.07) is 7.20. The van der Waals surface area contributed by atoms with Gasteiger partial charge in [0.05, 0.1) is 10.5 Å². The average Bonchev–Trinajstić information content (AvgIpc) is 2.88. The van der Waals surface area contributed by atoms with Gasteiger partial charge in [0, 0.05) is 4.88 Å². The van der Waals surface area contributed by atoms with E-state index in [9.17, 15) is 4.39 Å². The highest BCUT2D eigenvalue weighted by molar-refractivity contribution is 9.10. The monoisotopic (exact) mass is 342 g/mol. The molecule has 2 rings (SSSR count). The smallest absolute Gasteiger partial charge is 0.137 e. The SMILES string of the molecule is CCc1ccsc1C(Cc1cccc(F)c1Br)NN. The zero-order valence-corrected chi connectivity index (χ0v) is 13.0. The molecule has 0 aliphatic carbocycles. The Kier molecular flexibility index (Phi) is 5.10. The molecule has 1 heterocycles. The summed E-state index contributed by atoms with van der Waals surface area (Å²) in [5, 5.41) is 2.07. The first-order valence-electron chi connectivity index (χ1n) is 6.12. The fourth-order valence-electron chi connectivity index (χ4n) is 2.10. The summed E-state index contributed by atoms with van der Waals surface area (Å²) in [6.45, 7) is 2.12. The maximum Gasteiger partial charge on any atom is 0.137 e. The molecule has 0 spiro atoms. The van der Waals surface area contributed by atoms with Gasteiger partial charge in [-0.3, -0.25) is 11.3 Å². The second-order valence-corrected chi connectivity index (χ2v) is 6.04. The minimum atomic E-state index is -0.241. The van der Waals surface area contributed by atoms with Gasteiger partial charge in [-0.15, -0.1) is 11.3 Å². The van der Waals surface area contributed by atoms with Crippen molar-refractivity contribution in [2.75, 3.05) is 0 Å². The zero-order valence-electron chi connectivity index (χ0n) is 10.6. The first-order chi connectivity index (χ1) is 9.17. The first-order valence-corrected chi connectivity index (χ1v) is 7.79. The fraction of sp³-hybridized carbons (Fsp3) is 0.286. The van der Waals surface area contributed by atoms with Crippen LogP contribution in [0.15, 0.2) is 34.1 Å². The Labute approximate surface area is 124 Å². The molecule has 0 aliphatic rings. The van der Waals surface area contributed by atoms with Crippen LogP contribution >= 0.6 is 27.3 Å². The van der Waals surface area contributed by atoms with E-state index in [1.54, 1.807) is 17.4 Å². The van der Waals surface area contributed by atoms with E-state index in [0.29, 0.717) is 10.9 Å². The molecule has 0 fully saturated rings. The largest absolute Gasteiger partial charge is 0.271 e. The first kappa shape index (κ1) is 14.7. The summed E-state index contributed by atoms with van der Waals surface area (Å²) >= 11 is 4.98. The summed E-state index contributed by atoms with van der Waals surface area (Å²) in [6.07, 6.45) is 1.63. The van der Waals surface area contributed by atoms with E-state index in [-0.39, 0.29) is 11.9 Å². The maximum atomic E-state index is 13.5. The molecule has 19 heavy (non-hydrogen) atoms. The highest BCUT2D eigenvalue weighted by Crippen LogP contribution is 2.30. The van der Waals surface area contributed by atoms with Gasteiger partial charge in [-0.05, 0) is 57.4 Å². The third kappa shape index (κ3) is 3.23. The molecular weight excluding hydrogens is 327 g/mol. The molecule has 0 saturated heterocycles. The number of hydrazine groups is 1. The van der Waals surface area contributed by atoms with Gasteiger partial charge in [0.1, 0.15) is 5.82 Å². The molecule has 1 aromatic heterocycles. The van der Waals surface area contributed by atoms with Gasteiger partial charge in [0.2, 0.25) is 0 Å². The Hall–Kier alpha value is -0.750. The Morgan fingerprint density at radius 3 is 2.84 bits per heavy atom. The summed E-state index contributed by atoms with van der Waals surface area (Å²) in [7, 11) is 0. The molecule has 1 aromatic carbocycles. The quantitative estimate of drug-likeness (QED) is 0.637. The molecule has 1 atom stereocenters. The third-order valence-electron chi connectivity index (χ3n) is 3.13. The summed E-state index contributed by atoms with van der Waals surface area (Å²) < 4.78 is 14.0. The summed E-state index contributed by atoms with van der Waals surface area (Å²) in [5.41, 5.74) is 5.05. The van der Waals surface area contributed by atoms with E-state index < -0.39 is 0 Å². The van der Waals surface area contributed by atoms with Crippen LogP contribution in [0.5, 0.6) is 0 Å². The molecule has 0 bridgehead atoms. The normalized spacial score (nSPS) is 12.6. The molecule has 2 aromatic rings. The Morgan fingerprint density at radius 2 is 2.16 bits per heavy atom. The maximum absolute atomic E-state index is 13.5. The van der Waals surface area contributed by atoms with E-state index in [4.69, 9.17) is 5.84 Å². The highest BCUT2D eigenvalue weighted by Gasteiger charge is 2.17. The van der Waals surface area contributed by atoms with Gasteiger partial charge in [0.15, 0.2) is 0 Å². The second kappa shape index (κ2) is 6.61. The van der Waals surface area contributed by atoms with E-state index in [1.807, 2.05) is 6.07 Å². The van der Waals surface area contributed by atoms with E-state index >= 15 is 0 Å². The van der Waals surface area contributed by atoms with Crippen molar-refractivity contribution < 1.29 is 4.39 Å². The highest BCUT2D eigenvalue weighted by atomic mass is 79.9. The van der Waals surface area contributed by atoms with Crippen LogP contribution < -0.4 is 11.3 Å². The van der Waals surface area contributed by atoms with E-state index in [0.717, 1.165) is 12.0 Å². The van der Waals surface area contributed by atoms with Crippen molar-refractivity contribution in [3.8, 4) is 0 Å². The van der Waals surface area contributed by atoms with Crippen molar-refractivity contribution in [3.63, 3.8) is 0 Å². The molecule has 0 saturated carbocycles. The van der Waals surface area contributed by atoms with Gasteiger partial charge in [-0.1, -0.05) is 19.1 Å². The molecule has 3 N–H and O–H groups in total. The number of benzene rings is 1. The molecule has 2 nitrogen and oxygen atoms in total. The number of hydrogen-bond donors (Lipinski definition) is 2. The van der Waals surface area contributed by atoms with Gasteiger partial charge < -0.3 is 0 Å². The molecule has 102 valence electrons. The predicted molar refractivity (Wildman–Crippen MR) is 81.6 cm³/mol. The van der Waals surface area contributed by atoms with Gasteiger partial charge in [-0.25, -0.2) is 4.39 Å². The van der Waals surface area contributed by atoms with Gasteiger partial charge in [-0.2, -0.15) is 0 Å². The average molecular weight is 343 g/mol. The van der Waals surface area contributed by atoms with Crippen LogP contribution in [0.4, 0.5) is 4.39 Å². The van der Waals surface area contributed by atoms with Crippen molar-refractivity contribution in [1.82, 2.24) is 5.43 Å². The van der Waals surface area contributed by atoms with Crippen LogP contribution in [-0.2, 0) is 12.8 Å². The van der Waals surface area contributed by atoms with Crippen LogP contribution in [0.2, 0.25) is 0 Å². The fourth-order valence-corrected chi connectivity index (χ4v) is 3.58. The van der Waals surface area contributed by atoms with E-state index in [1.165, 1.54) is 16.5 Å². The van der Waals surface area contributed by atoms with E-state index in [2.05, 4.69) is 39.7 Å². The molecule has 0 aliphatic heterocycles. The number of nitrogens with one attached hydrogen (secondary N) is 1. The number of halogens is 2. The third-order valence-corrected chi connectivity index (χ3v) is 5.10. The van der Waals surface area contributed by atoms with Crippen LogP contribution in [-0.4, -0.2) is 0 Å². The molecule has 0 amide bonds. The van der Waals surface area contributed by atoms with Crippen molar-refractivity contribution in [3.05, 3.63) is 55.9 Å². The van der Waals surface area contributed by atoms with Crippen molar-refractivity contribution in [2.24, 2.45) is 5.84 Å². The Bertz CT molecular complexity index is 556.